The van der Waals surface area contributed by atoms with Gasteiger partial charge in [-0.2, -0.15) is 0 Å². The van der Waals surface area contributed by atoms with Gasteiger partial charge < -0.3 is 10.1 Å². The molecular weight excluding hydrogens is 166 g/mol. The van der Waals surface area contributed by atoms with Gasteiger partial charge >= 0.3 is 5.97 Å². The average Bonchev–Trinajstić information content (AvgIpc) is 2.30. The van der Waals surface area contributed by atoms with Gasteiger partial charge in [0.25, 0.3) is 0 Å². The van der Waals surface area contributed by atoms with Crippen molar-refractivity contribution >= 4 is 12.0 Å². The SMILES string of the molecule is C/C(=C\c1[nH]c(C)cc1C)C(=O)O. The highest BCUT2D eigenvalue weighted by Gasteiger charge is 2.03. The van der Waals surface area contributed by atoms with Crippen LogP contribution in [-0.4, -0.2) is 16.1 Å². The van der Waals surface area contributed by atoms with Crippen LogP contribution in [0.4, 0.5) is 0 Å². The molecule has 0 aliphatic heterocycles. The van der Waals surface area contributed by atoms with Crippen molar-refractivity contribution in [3.8, 4) is 0 Å². The molecule has 0 bridgehead atoms. The molecule has 1 aromatic rings. The molecule has 3 heteroatoms. The number of nitrogens with one attached hydrogen (secondary N) is 1. The Hall–Kier alpha value is -1.51. The van der Waals surface area contributed by atoms with Crippen LogP contribution in [-0.2, 0) is 4.79 Å². The molecule has 3 nitrogen and oxygen atoms in total. The summed E-state index contributed by atoms with van der Waals surface area (Å²) in [4.78, 5) is 13.6. The molecule has 0 atom stereocenters. The van der Waals surface area contributed by atoms with Crippen LogP contribution < -0.4 is 0 Å². The highest BCUT2D eigenvalue weighted by atomic mass is 16.4. The molecule has 0 radical (unpaired) electrons. The molecule has 0 aliphatic rings. The van der Waals surface area contributed by atoms with Crippen molar-refractivity contribution in [3.05, 3.63) is 28.6 Å². The summed E-state index contributed by atoms with van der Waals surface area (Å²) in [5.74, 6) is -0.883. The first-order valence-corrected chi connectivity index (χ1v) is 4.08. The van der Waals surface area contributed by atoms with Gasteiger partial charge in [-0.05, 0) is 38.5 Å². The molecule has 0 fully saturated rings. The lowest BCUT2D eigenvalue weighted by Crippen LogP contribution is -1.95. The Morgan fingerprint density at radius 3 is 2.54 bits per heavy atom. The van der Waals surface area contributed by atoms with Crippen LogP contribution in [0.1, 0.15) is 23.9 Å². The van der Waals surface area contributed by atoms with E-state index in [1.807, 2.05) is 19.9 Å². The number of rotatable bonds is 2. The lowest BCUT2D eigenvalue weighted by atomic mass is 10.2. The van der Waals surface area contributed by atoms with E-state index in [0.29, 0.717) is 5.57 Å². The lowest BCUT2D eigenvalue weighted by Gasteiger charge is -1.93. The number of carboxylic acid groups (broad SMARTS) is 1. The summed E-state index contributed by atoms with van der Waals surface area (Å²) in [7, 11) is 0. The zero-order valence-corrected chi connectivity index (χ0v) is 8.01. The Morgan fingerprint density at radius 2 is 2.15 bits per heavy atom. The maximum atomic E-state index is 10.5. The van der Waals surface area contributed by atoms with Crippen molar-refractivity contribution in [1.82, 2.24) is 4.98 Å². The fraction of sp³-hybridized carbons (Fsp3) is 0.300. The van der Waals surface area contributed by atoms with E-state index in [1.165, 1.54) is 0 Å². The van der Waals surface area contributed by atoms with E-state index in [2.05, 4.69) is 4.98 Å². The molecule has 13 heavy (non-hydrogen) atoms. The fourth-order valence-corrected chi connectivity index (χ4v) is 1.18. The number of hydrogen-bond acceptors (Lipinski definition) is 1. The van der Waals surface area contributed by atoms with Crippen molar-refractivity contribution in [3.63, 3.8) is 0 Å². The van der Waals surface area contributed by atoms with Crippen LogP contribution in [0, 0.1) is 13.8 Å². The third-order valence-electron chi connectivity index (χ3n) is 1.89. The smallest absolute Gasteiger partial charge is 0.331 e. The highest BCUT2D eigenvalue weighted by molar-refractivity contribution is 5.91. The molecule has 0 spiro atoms. The van der Waals surface area contributed by atoms with E-state index in [-0.39, 0.29) is 0 Å². The molecule has 0 saturated carbocycles. The van der Waals surface area contributed by atoms with E-state index in [9.17, 15) is 4.79 Å². The lowest BCUT2D eigenvalue weighted by molar-refractivity contribution is -0.132. The molecule has 0 saturated heterocycles. The molecule has 1 heterocycles. The summed E-state index contributed by atoms with van der Waals surface area (Å²) in [5, 5.41) is 8.66. The summed E-state index contributed by atoms with van der Waals surface area (Å²) in [6, 6.07) is 1.99. The second-order valence-electron chi connectivity index (χ2n) is 3.18. The van der Waals surface area contributed by atoms with E-state index in [0.717, 1.165) is 17.0 Å². The first-order chi connectivity index (χ1) is 6.00. The van der Waals surface area contributed by atoms with Gasteiger partial charge in [0.15, 0.2) is 0 Å². The summed E-state index contributed by atoms with van der Waals surface area (Å²) >= 11 is 0. The van der Waals surface area contributed by atoms with E-state index in [4.69, 9.17) is 5.11 Å². The molecule has 0 aliphatic carbocycles. The van der Waals surface area contributed by atoms with Gasteiger partial charge in [0.2, 0.25) is 0 Å². The van der Waals surface area contributed by atoms with E-state index in [1.54, 1.807) is 13.0 Å². The first-order valence-electron chi connectivity index (χ1n) is 4.08. The summed E-state index contributed by atoms with van der Waals surface area (Å²) in [6.07, 6.45) is 1.64. The molecule has 0 amide bonds. The van der Waals surface area contributed by atoms with Gasteiger partial charge in [-0.15, -0.1) is 0 Å². The number of aliphatic carboxylic acids is 1. The van der Waals surface area contributed by atoms with Gasteiger partial charge in [-0.25, -0.2) is 4.79 Å². The summed E-state index contributed by atoms with van der Waals surface area (Å²) in [5.41, 5.74) is 3.32. The quantitative estimate of drug-likeness (QED) is 0.683. The van der Waals surface area contributed by atoms with Crippen LogP contribution in [0.2, 0.25) is 0 Å². The highest BCUT2D eigenvalue weighted by Crippen LogP contribution is 2.12. The fourth-order valence-electron chi connectivity index (χ4n) is 1.18. The second-order valence-corrected chi connectivity index (χ2v) is 3.18. The van der Waals surface area contributed by atoms with Crippen molar-refractivity contribution in [1.29, 1.82) is 0 Å². The number of carbonyl (C=O) groups is 1. The van der Waals surface area contributed by atoms with Crippen molar-refractivity contribution in [2.75, 3.05) is 0 Å². The van der Waals surface area contributed by atoms with Crippen LogP contribution in [0.3, 0.4) is 0 Å². The van der Waals surface area contributed by atoms with Gasteiger partial charge in [-0.1, -0.05) is 0 Å². The molecule has 2 N–H and O–H groups in total. The maximum Gasteiger partial charge on any atom is 0.331 e. The standard InChI is InChI=1S/C10H13NO2/c1-6-4-8(3)11-9(6)5-7(2)10(12)13/h4-5,11H,1-3H3,(H,12,13)/b7-5+. The molecular formula is C10H13NO2. The van der Waals surface area contributed by atoms with Crippen molar-refractivity contribution in [2.24, 2.45) is 0 Å². The van der Waals surface area contributed by atoms with Gasteiger partial charge in [0, 0.05) is 17.0 Å². The van der Waals surface area contributed by atoms with E-state index < -0.39 is 5.97 Å². The Bertz CT molecular complexity index is 361. The maximum absolute atomic E-state index is 10.5. The summed E-state index contributed by atoms with van der Waals surface area (Å²) < 4.78 is 0. The zero-order chi connectivity index (χ0) is 10.0. The van der Waals surface area contributed by atoms with Crippen molar-refractivity contribution in [2.45, 2.75) is 20.8 Å². The Morgan fingerprint density at radius 1 is 1.54 bits per heavy atom. The van der Waals surface area contributed by atoms with Gasteiger partial charge in [0.1, 0.15) is 0 Å². The third-order valence-corrected chi connectivity index (χ3v) is 1.89. The molecule has 0 aromatic carbocycles. The largest absolute Gasteiger partial charge is 0.478 e. The normalized spacial score (nSPS) is 11.8. The predicted molar refractivity (Wildman–Crippen MR) is 51.6 cm³/mol. The van der Waals surface area contributed by atoms with E-state index >= 15 is 0 Å². The Kier molecular flexibility index (Phi) is 2.56. The van der Waals surface area contributed by atoms with Crippen LogP contribution in [0.25, 0.3) is 6.08 Å². The monoisotopic (exact) mass is 179 g/mol. The van der Waals surface area contributed by atoms with Crippen molar-refractivity contribution < 1.29 is 9.90 Å². The second kappa shape index (κ2) is 3.47. The zero-order valence-electron chi connectivity index (χ0n) is 8.01. The minimum Gasteiger partial charge on any atom is -0.478 e. The Balaban J connectivity index is 3.03. The molecule has 1 rings (SSSR count). The summed E-state index contributed by atoms with van der Waals surface area (Å²) in [6.45, 7) is 5.48. The molecule has 70 valence electrons. The molecule has 0 unspecified atom stereocenters. The number of aromatic nitrogens is 1. The average molecular weight is 179 g/mol. The number of hydrogen-bond donors (Lipinski definition) is 2. The van der Waals surface area contributed by atoms with Crippen LogP contribution in [0.15, 0.2) is 11.6 Å². The Labute approximate surface area is 77.1 Å². The minimum atomic E-state index is -0.883. The first kappa shape index (κ1) is 9.58. The third kappa shape index (κ3) is 2.21. The number of H-pyrrole nitrogens is 1. The van der Waals surface area contributed by atoms with Gasteiger partial charge in [-0.3, -0.25) is 0 Å². The molecule has 1 aromatic heterocycles. The predicted octanol–water partition coefficient (Wildman–Crippen LogP) is 2.12. The minimum absolute atomic E-state index is 0.338. The van der Waals surface area contributed by atoms with Gasteiger partial charge in [0.05, 0.1) is 0 Å². The van der Waals surface area contributed by atoms with Crippen LogP contribution in [0.5, 0.6) is 0 Å². The topological polar surface area (TPSA) is 53.1 Å². The number of aryl methyl sites for hydroxylation is 2. The number of carboxylic acids is 1. The number of aromatic amines is 1. The van der Waals surface area contributed by atoms with Crippen LogP contribution >= 0.6 is 0 Å².